The molecule has 340 valence electrons. The lowest BCUT2D eigenvalue weighted by Gasteiger charge is -2.28. The van der Waals surface area contributed by atoms with Crippen molar-refractivity contribution in [3.8, 4) is 5.75 Å². The number of nitrogens with one attached hydrogen (secondary N) is 6. The van der Waals surface area contributed by atoms with E-state index in [4.69, 9.17) is 22.9 Å². The van der Waals surface area contributed by atoms with Gasteiger partial charge in [-0.1, -0.05) is 70.2 Å². The van der Waals surface area contributed by atoms with Gasteiger partial charge >= 0.3 is 5.97 Å². The maximum atomic E-state index is 14.0. The van der Waals surface area contributed by atoms with E-state index in [1.54, 1.807) is 44.2 Å². The molecule has 0 fully saturated rings. The zero-order chi connectivity index (χ0) is 46.5. The number of guanidine groups is 1. The number of nitrogens with two attached hydrogens (primary N) is 4. The number of benzene rings is 2. The predicted molar refractivity (Wildman–Crippen MR) is 228 cm³/mol. The average Bonchev–Trinajstić information content (AvgIpc) is 3.19. The first kappa shape index (κ1) is 51.4. The first-order chi connectivity index (χ1) is 29.2. The fourth-order valence-electron chi connectivity index (χ4n) is 6.03. The number of aliphatic carboxylic acids is 1. The van der Waals surface area contributed by atoms with Crippen LogP contribution >= 0.6 is 0 Å². The van der Waals surface area contributed by atoms with Gasteiger partial charge in [-0.2, -0.15) is 0 Å². The first-order valence-corrected chi connectivity index (χ1v) is 20.1. The van der Waals surface area contributed by atoms with Gasteiger partial charge in [0, 0.05) is 19.4 Å². The molecule has 0 saturated carbocycles. The summed E-state index contributed by atoms with van der Waals surface area (Å²) in [4.78, 5) is 109. The summed E-state index contributed by atoms with van der Waals surface area (Å²) in [7, 11) is 0. The lowest BCUT2D eigenvalue weighted by molar-refractivity contribution is -0.141. The van der Waals surface area contributed by atoms with Crippen molar-refractivity contribution in [3.63, 3.8) is 0 Å². The fourth-order valence-corrected chi connectivity index (χ4v) is 6.03. The van der Waals surface area contributed by atoms with Crippen molar-refractivity contribution in [2.75, 3.05) is 13.1 Å². The normalized spacial score (nSPS) is 13.9. The number of hydrogen-bond acceptors (Lipinski definition) is 11. The van der Waals surface area contributed by atoms with Crippen LogP contribution in [0.5, 0.6) is 5.75 Å². The van der Waals surface area contributed by atoms with Crippen molar-refractivity contribution in [3.05, 3.63) is 65.7 Å². The number of carbonyl (C=O) groups is 8. The molecule has 2 aromatic rings. The van der Waals surface area contributed by atoms with Crippen molar-refractivity contribution in [1.29, 1.82) is 0 Å². The summed E-state index contributed by atoms with van der Waals surface area (Å²) in [6, 6.07) is 6.24. The number of primary amides is 1. The second-order valence-corrected chi connectivity index (χ2v) is 15.5. The Morgan fingerprint density at radius 2 is 1.21 bits per heavy atom. The van der Waals surface area contributed by atoms with Gasteiger partial charge < -0.3 is 65.0 Å². The predicted octanol–water partition coefficient (Wildman–Crippen LogP) is -2.24. The van der Waals surface area contributed by atoms with Crippen LogP contribution in [-0.2, 0) is 51.2 Å². The van der Waals surface area contributed by atoms with Crippen molar-refractivity contribution in [2.24, 2.45) is 39.8 Å². The Morgan fingerprint density at radius 3 is 1.76 bits per heavy atom. The number of carboxylic acids is 1. The van der Waals surface area contributed by atoms with E-state index in [0.717, 1.165) is 0 Å². The summed E-state index contributed by atoms with van der Waals surface area (Å²) in [5.74, 6) is -8.05. The van der Waals surface area contributed by atoms with E-state index in [0.29, 0.717) is 17.5 Å². The van der Waals surface area contributed by atoms with Crippen LogP contribution in [0.25, 0.3) is 0 Å². The molecule has 0 saturated heterocycles. The molecule has 62 heavy (non-hydrogen) atoms. The van der Waals surface area contributed by atoms with Gasteiger partial charge in [-0.15, -0.1) is 0 Å². The topological polar surface area (TPSA) is 366 Å². The number of aliphatic imine (C=N–C) groups is 1. The van der Waals surface area contributed by atoms with E-state index in [-0.39, 0.29) is 49.9 Å². The second-order valence-electron chi connectivity index (χ2n) is 15.5. The molecule has 21 nitrogen and oxygen atoms in total. The number of carbonyl (C=O) groups excluding carboxylic acids is 7. The summed E-state index contributed by atoms with van der Waals surface area (Å²) in [5.41, 5.74) is 23.2. The number of phenols is 1. The molecule has 6 atom stereocenters. The van der Waals surface area contributed by atoms with E-state index in [2.05, 4.69) is 36.9 Å². The molecule has 0 aliphatic carbocycles. The van der Waals surface area contributed by atoms with E-state index >= 15 is 0 Å². The highest BCUT2D eigenvalue weighted by Crippen LogP contribution is 2.13. The monoisotopic (exact) mass is 867 g/mol. The third-order valence-corrected chi connectivity index (χ3v) is 9.30. The summed E-state index contributed by atoms with van der Waals surface area (Å²) >= 11 is 0. The molecule has 0 unspecified atom stereocenters. The molecular formula is C41H61N11O10. The second kappa shape index (κ2) is 25.8. The van der Waals surface area contributed by atoms with Gasteiger partial charge in [-0.3, -0.25) is 43.3 Å². The van der Waals surface area contributed by atoms with Crippen LogP contribution in [0.2, 0.25) is 0 Å². The fraction of sp³-hybridized carbons (Fsp3) is 0.488. The largest absolute Gasteiger partial charge is 0.508 e. The molecule has 16 N–H and O–H groups in total. The molecule has 0 aliphatic heterocycles. The number of hydrogen-bond donors (Lipinski definition) is 12. The highest BCUT2D eigenvalue weighted by Gasteiger charge is 2.34. The van der Waals surface area contributed by atoms with Gasteiger partial charge in [-0.25, -0.2) is 0 Å². The Kier molecular flexibility index (Phi) is 21.3. The summed E-state index contributed by atoms with van der Waals surface area (Å²) in [6.45, 7) is 6.59. The molecule has 0 radical (unpaired) electrons. The maximum Gasteiger partial charge on any atom is 0.305 e. The number of rotatable bonds is 26. The van der Waals surface area contributed by atoms with E-state index in [1.807, 2.05) is 13.8 Å². The first-order valence-electron chi connectivity index (χ1n) is 20.1. The summed E-state index contributed by atoms with van der Waals surface area (Å²) in [6.07, 6.45) is -0.463. The molecule has 7 amide bonds. The summed E-state index contributed by atoms with van der Waals surface area (Å²) in [5, 5.41) is 34.6. The average molecular weight is 868 g/mol. The minimum absolute atomic E-state index is 0.0143. The minimum atomic E-state index is -1.79. The Labute approximate surface area is 360 Å². The van der Waals surface area contributed by atoms with Crippen LogP contribution in [0.3, 0.4) is 0 Å². The molecule has 0 heterocycles. The zero-order valence-corrected chi connectivity index (χ0v) is 35.4. The van der Waals surface area contributed by atoms with Gasteiger partial charge in [-0.05, 0) is 54.4 Å². The number of amides is 7. The van der Waals surface area contributed by atoms with Crippen LogP contribution in [0.1, 0.15) is 64.5 Å². The van der Waals surface area contributed by atoms with Gasteiger partial charge in [0.15, 0.2) is 5.96 Å². The minimum Gasteiger partial charge on any atom is -0.508 e. The highest BCUT2D eigenvalue weighted by atomic mass is 16.4. The molecule has 0 bridgehead atoms. The molecule has 21 heteroatoms. The van der Waals surface area contributed by atoms with Crippen LogP contribution in [0.15, 0.2) is 59.6 Å². The van der Waals surface area contributed by atoms with Gasteiger partial charge in [0.05, 0.1) is 19.0 Å². The van der Waals surface area contributed by atoms with Gasteiger partial charge in [0.25, 0.3) is 0 Å². The number of aromatic hydroxyl groups is 1. The lowest BCUT2D eigenvalue weighted by Crippen LogP contribution is -2.60. The Morgan fingerprint density at radius 1 is 0.661 bits per heavy atom. The highest BCUT2D eigenvalue weighted by molar-refractivity contribution is 5.98. The van der Waals surface area contributed by atoms with Crippen molar-refractivity contribution in [1.82, 2.24) is 31.9 Å². The maximum absolute atomic E-state index is 14.0. The van der Waals surface area contributed by atoms with E-state index in [1.165, 1.54) is 24.3 Å². The third kappa shape index (κ3) is 19.1. The smallest absolute Gasteiger partial charge is 0.305 e. The van der Waals surface area contributed by atoms with Gasteiger partial charge in [0.2, 0.25) is 41.4 Å². The SMILES string of the molecule is CC(C)C[C@H](NC(=O)CNC(=O)[C@H](Cc1ccccc1)NC(=O)[C@H](CC(=O)O)NC(=O)[C@H](Cc1ccc(O)cc1)NC(=O)[C@@H](NC(=O)[C@@H](N)CCCN=C(N)N)C(C)C)C(N)=O. The quantitative estimate of drug-likeness (QED) is 0.0271. The van der Waals surface area contributed by atoms with Crippen molar-refractivity contribution in [2.45, 2.75) is 102 Å². The third-order valence-electron chi connectivity index (χ3n) is 9.30. The number of carboxylic acid groups (broad SMARTS) is 1. The zero-order valence-electron chi connectivity index (χ0n) is 35.4. The molecule has 0 aliphatic rings. The Balaban J connectivity index is 2.35. The lowest BCUT2D eigenvalue weighted by atomic mass is 9.99. The van der Waals surface area contributed by atoms with Crippen LogP contribution in [-0.4, -0.2) is 113 Å². The standard InChI is InChI=1S/C41H61N11O10/c1-22(2)17-28(35(43)57)48-32(54)21-47-37(59)29(18-24-9-6-5-7-10-24)49-39(61)31(20-33(55)56)50-38(60)30(19-25-12-14-26(53)15-13-25)51-40(62)34(23(3)4)52-36(58)27(42)11-8-16-46-41(44)45/h5-7,9-10,12-15,22-23,27-31,34,53H,8,11,16-21,42H2,1-4H3,(H2,43,57)(H,47,59)(H,48,54)(H,49,61)(H,50,60)(H,51,62)(H,52,58)(H,55,56)(H4,44,45,46)/t27-,28-,29-,30-,31-,34-/m0/s1. The molecule has 0 aromatic heterocycles. The van der Waals surface area contributed by atoms with E-state index < -0.39 is 102 Å². The molecule has 0 spiro atoms. The van der Waals surface area contributed by atoms with Crippen LogP contribution < -0.4 is 54.8 Å². The van der Waals surface area contributed by atoms with Gasteiger partial charge in [0.1, 0.15) is 36.0 Å². The van der Waals surface area contributed by atoms with Crippen molar-refractivity contribution < 1.29 is 48.6 Å². The van der Waals surface area contributed by atoms with Crippen molar-refractivity contribution >= 4 is 53.3 Å². The molecule has 2 rings (SSSR count). The Hall–Kier alpha value is -6.77. The number of nitrogens with zero attached hydrogens (tertiary/aromatic N) is 1. The Bertz CT molecular complexity index is 1870. The molecular weight excluding hydrogens is 807 g/mol. The summed E-state index contributed by atoms with van der Waals surface area (Å²) < 4.78 is 0. The van der Waals surface area contributed by atoms with Crippen LogP contribution in [0, 0.1) is 11.8 Å². The van der Waals surface area contributed by atoms with E-state index in [9.17, 15) is 48.6 Å². The van der Waals surface area contributed by atoms with Crippen LogP contribution in [0.4, 0.5) is 0 Å². The molecule has 2 aromatic carbocycles. The number of phenolic OH excluding ortho intramolecular Hbond substituents is 1.